The number of Topliss-reactive ketones (excluding diaryl/α,β-unsaturated/α-hetero) is 1. The first-order valence-electron chi connectivity index (χ1n) is 4.93. The highest BCUT2D eigenvalue weighted by atomic mass is 16.5. The molecule has 5 nitrogen and oxygen atoms in total. The molecule has 0 aliphatic rings. The summed E-state index contributed by atoms with van der Waals surface area (Å²) in [5, 5.41) is 10.0. The molecule has 0 amide bonds. The number of ether oxygens (including phenoxy) is 1. The molecule has 5 heteroatoms. The predicted octanol–water partition coefficient (Wildman–Crippen LogP) is -0.181. The number of carbonyl (C=O) groups is 3. The Balaban J connectivity index is 3.53. The van der Waals surface area contributed by atoms with Crippen LogP contribution in [0, 0.1) is 0 Å². The van der Waals surface area contributed by atoms with Crippen molar-refractivity contribution in [1.82, 2.24) is 0 Å². The summed E-state index contributed by atoms with van der Waals surface area (Å²) in [5.74, 6) is -1.93. The van der Waals surface area contributed by atoms with Crippen molar-refractivity contribution in [1.29, 1.82) is 0 Å². The molecule has 0 saturated heterocycles. The van der Waals surface area contributed by atoms with Crippen molar-refractivity contribution in [3.63, 3.8) is 0 Å². The maximum Gasteiger partial charge on any atom is 0.306 e. The van der Waals surface area contributed by atoms with Crippen LogP contribution in [0.3, 0.4) is 0 Å². The summed E-state index contributed by atoms with van der Waals surface area (Å²) in [4.78, 5) is 32.0. The fourth-order valence-electron chi connectivity index (χ4n) is 0.896. The number of ketones is 1. The minimum atomic E-state index is -1.25. The summed E-state index contributed by atoms with van der Waals surface area (Å²) in [5.41, 5.74) is 0. The van der Waals surface area contributed by atoms with Gasteiger partial charge in [0.15, 0.2) is 0 Å². The van der Waals surface area contributed by atoms with E-state index in [-0.39, 0.29) is 31.5 Å². The number of hydrogen-bond donors (Lipinski definition) is 0. The van der Waals surface area contributed by atoms with Gasteiger partial charge >= 0.3 is 5.97 Å². The lowest BCUT2D eigenvalue weighted by molar-refractivity contribution is -0.305. The van der Waals surface area contributed by atoms with E-state index in [4.69, 9.17) is 4.74 Å². The topological polar surface area (TPSA) is 83.5 Å². The van der Waals surface area contributed by atoms with Crippen LogP contribution in [0.25, 0.3) is 0 Å². The van der Waals surface area contributed by atoms with Crippen LogP contribution in [0.1, 0.15) is 39.0 Å². The Hall–Kier alpha value is -1.39. The van der Waals surface area contributed by atoms with Crippen LogP contribution in [-0.2, 0) is 19.1 Å². The van der Waals surface area contributed by atoms with Gasteiger partial charge in [0.05, 0.1) is 13.0 Å². The first-order valence-corrected chi connectivity index (χ1v) is 4.93. The lowest BCUT2D eigenvalue weighted by Crippen LogP contribution is -2.22. The zero-order valence-electron chi connectivity index (χ0n) is 8.78. The van der Waals surface area contributed by atoms with E-state index in [0.717, 1.165) is 6.42 Å². The Bertz CT molecular complexity index is 234. The molecule has 0 aliphatic carbocycles. The lowest BCUT2D eigenvalue weighted by atomic mass is 10.1. The molecule has 0 atom stereocenters. The third kappa shape index (κ3) is 8.93. The van der Waals surface area contributed by atoms with Gasteiger partial charge in [-0.2, -0.15) is 0 Å². The first kappa shape index (κ1) is 13.6. The van der Waals surface area contributed by atoms with Crippen LogP contribution in [0.4, 0.5) is 0 Å². The highest BCUT2D eigenvalue weighted by Gasteiger charge is 2.07. The fraction of sp³-hybridized carbons (Fsp3) is 0.700. The molecular weight excluding hydrogens is 200 g/mol. The van der Waals surface area contributed by atoms with Crippen LogP contribution < -0.4 is 5.11 Å². The molecule has 0 bridgehead atoms. The fourth-order valence-corrected chi connectivity index (χ4v) is 0.896. The lowest BCUT2D eigenvalue weighted by Gasteiger charge is -2.03. The molecule has 0 saturated carbocycles. The summed E-state index contributed by atoms with van der Waals surface area (Å²) >= 11 is 0. The molecule has 0 aromatic carbocycles. The van der Waals surface area contributed by atoms with Crippen molar-refractivity contribution in [2.45, 2.75) is 39.0 Å². The van der Waals surface area contributed by atoms with E-state index in [0.29, 0.717) is 6.61 Å². The van der Waals surface area contributed by atoms with E-state index in [9.17, 15) is 19.5 Å². The number of rotatable bonds is 8. The average Bonchev–Trinajstić information content (AvgIpc) is 2.20. The molecule has 0 unspecified atom stereocenters. The van der Waals surface area contributed by atoms with Crippen LogP contribution in [0.2, 0.25) is 0 Å². The van der Waals surface area contributed by atoms with Gasteiger partial charge in [0.25, 0.3) is 0 Å². The molecule has 0 aromatic rings. The number of carboxylic acids is 1. The Morgan fingerprint density at radius 3 is 2.20 bits per heavy atom. The van der Waals surface area contributed by atoms with Crippen molar-refractivity contribution < 1.29 is 24.2 Å². The maximum absolute atomic E-state index is 11.0. The molecule has 0 heterocycles. The molecule has 0 spiro atoms. The zero-order chi connectivity index (χ0) is 11.7. The van der Waals surface area contributed by atoms with E-state index >= 15 is 0 Å². The van der Waals surface area contributed by atoms with Crippen LogP contribution in [0.15, 0.2) is 0 Å². The van der Waals surface area contributed by atoms with Gasteiger partial charge in [-0.15, -0.1) is 0 Å². The highest BCUT2D eigenvalue weighted by molar-refractivity contribution is 5.85. The van der Waals surface area contributed by atoms with Crippen LogP contribution >= 0.6 is 0 Å². The quantitative estimate of drug-likeness (QED) is 0.524. The summed E-state index contributed by atoms with van der Waals surface area (Å²) < 4.78 is 4.75. The third-order valence-corrected chi connectivity index (χ3v) is 1.68. The minimum Gasteiger partial charge on any atom is -0.550 e. The number of carboxylic acid groups (broad SMARTS) is 1. The Kier molecular flexibility index (Phi) is 7.23. The molecule has 0 aromatic heterocycles. The minimum absolute atomic E-state index is 0.0197. The van der Waals surface area contributed by atoms with E-state index in [1.807, 2.05) is 6.92 Å². The van der Waals surface area contributed by atoms with Gasteiger partial charge in [-0.25, -0.2) is 0 Å². The standard InChI is InChI=1S/C10H16O5/c1-2-7-15-10(14)6-4-8(11)3-5-9(12)13/h2-7H2,1H3,(H,12,13)/p-1. The van der Waals surface area contributed by atoms with Crippen molar-refractivity contribution in [2.24, 2.45) is 0 Å². The molecule has 15 heavy (non-hydrogen) atoms. The second kappa shape index (κ2) is 7.96. The van der Waals surface area contributed by atoms with Gasteiger partial charge in [0.2, 0.25) is 0 Å². The number of hydrogen-bond acceptors (Lipinski definition) is 5. The highest BCUT2D eigenvalue weighted by Crippen LogP contribution is 2.00. The summed E-state index contributed by atoms with van der Waals surface area (Å²) in [6.07, 6.45) is 0.429. The largest absolute Gasteiger partial charge is 0.550 e. The molecule has 0 rings (SSSR count). The van der Waals surface area contributed by atoms with Crippen molar-refractivity contribution in [3.8, 4) is 0 Å². The molecule has 0 radical (unpaired) electrons. The van der Waals surface area contributed by atoms with Gasteiger partial charge < -0.3 is 14.6 Å². The second-order valence-corrected chi connectivity index (χ2v) is 3.13. The summed E-state index contributed by atoms with van der Waals surface area (Å²) in [6, 6.07) is 0. The molecular formula is C10H15O5-. The Morgan fingerprint density at radius 2 is 1.67 bits per heavy atom. The van der Waals surface area contributed by atoms with Gasteiger partial charge in [-0.3, -0.25) is 9.59 Å². The number of carbonyl (C=O) groups excluding carboxylic acids is 3. The van der Waals surface area contributed by atoms with Crippen molar-refractivity contribution in [2.75, 3.05) is 6.61 Å². The Labute approximate surface area is 88.4 Å². The molecule has 0 N–H and O–H groups in total. The van der Waals surface area contributed by atoms with Gasteiger partial charge in [-0.1, -0.05) is 6.92 Å². The van der Waals surface area contributed by atoms with Gasteiger partial charge in [0, 0.05) is 18.8 Å². The summed E-state index contributed by atoms with van der Waals surface area (Å²) in [6.45, 7) is 2.23. The maximum atomic E-state index is 11.0. The normalized spacial score (nSPS) is 9.67. The number of esters is 1. The van der Waals surface area contributed by atoms with Crippen molar-refractivity contribution in [3.05, 3.63) is 0 Å². The smallest absolute Gasteiger partial charge is 0.306 e. The number of aliphatic carboxylic acids is 1. The Morgan fingerprint density at radius 1 is 1.07 bits per heavy atom. The zero-order valence-corrected chi connectivity index (χ0v) is 8.78. The van der Waals surface area contributed by atoms with E-state index in [2.05, 4.69) is 0 Å². The molecule has 0 fully saturated rings. The SMILES string of the molecule is CCCOC(=O)CCC(=O)CCC(=O)[O-]. The van der Waals surface area contributed by atoms with Crippen molar-refractivity contribution >= 4 is 17.7 Å². The first-order chi connectivity index (χ1) is 7.06. The third-order valence-electron chi connectivity index (χ3n) is 1.68. The summed E-state index contributed by atoms with van der Waals surface area (Å²) in [7, 11) is 0. The van der Waals surface area contributed by atoms with Crippen LogP contribution in [0.5, 0.6) is 0 Å². The molecule has 86 valence electrons. The molecule has 0 aliphatic heterocycles. The van der Waals surface area contributed by atoms with Gasteiger partial charge in [0.1, 0.15) is 5.78 Å². The van der Waals surface area contributed by atoms with E-state index < -0.39 is 11.9 Å². The second-order valence-electron chi connectivity index (χ2n) is 3.13. The predicted molar refractivity (Wildman–Crippen MR) is 49.7 cm³/mol. The van der Waals surface area contributed by atoms with Gasteiger partial charge in [-0.05, 0) is 12.8 Å². The monoisotopic (exact) mass is 215 g/mol. The average molecular weight is 215 g/mol. The van der Waals surface area contributed by atoms with E-state index in [1.54, 1.807) is 0 Å². The van der Waals surface area contributed by atoms with Crippen LogP contribution in [-0.4, -0.2) is 24.3 Å². The van der Waals surface area contributed by atoms with E-state index in [1.165, 1.54) is 0 Å².